The summed E-state index contributed by atoms with van der Waals surface area (Å²) in [7, 11) is 3.72. The molecule has 5 heteroatoms. The van der Waals surface area contributed by atoms with E-state index in [9.17, 15) is 8.78 Å². The molecule has 0 amide bonds. The molecule has 1 aromatic rings. The molecule has 0 unspecified atom stereocenters. The van der Waals surface area contributed by atoms with E-state index in [1.165, 1.54) is 6.07 Å². The zero-order chi connectivity index (χ0) is 14.1. The van der Waals surface area contributed by atoms with Crippen LogP contribution in [0.1, 0.15) is 12.0 Å². The molecular formula is C14H22F2N2O. The van der Waals surface area contributed by atoms with Crippen LogP contribution < -0.4 is 5.32 Å². The van der Waals surface area contributed by atoms with E-state index in [1.807, 2.05) is 7.05 Å². The van der Waals surface area contributed by atoms with Crippen molar-refractivity contribution < 1.29 is 13.5 Å². The molecule has 0 aliphatic heterocycles. The van der Waals surface area contributed by atoms with Crippen molar-refractivity contribution in [1.82, 2.24) is 10.2 Å². The zero-order valence-electron chi connectivity index (χ0n) is 11.6. The fraction of sp³-hybridized carbons (Fsp3) is 0.571. The van der Waals surface area contributed by atoms with Crippen LogP contribution in [0.5, 0.6) is 0 Å². The number of methoxy groups -OCH3 is 1. The quantitative estimate of drug-likeness (QED) is 0.696. The van der Waals surface area contributed by atoms with Crippen LogP contribution in [-0.4, -0.2) is 45.3 Å². The van der Waals surface area contributed by atoms with Gasteiger partial charge in [0.1, 0.15) is 11.6 Å². The Morgan fingerprint density at radius 1 is 1.26 bits per heavy atom. The Balaban J connectivity index is 2.15. The smallest absolute Gasteiger partial charge is 0.127 e. The monoisotopic (exact) mass is 272 g/mol. The Bertz CT molecular complexity index is 374. The van der Waals surface area contributed by atoms with Crippen molar-refractivity contribution in [2.75, 3.05) is 40.4 Å². The molecule has 0 aliphatic carbocycles. The van der Waals surface area contributed by atoms with Gasteiger partial charge in [-0.05, 0) is 44.8 Å². The Hall–Kier alpha value is -1.04. The van der Waals surface area contributed by atoms with Gasteiger partial charge in [-0.2, -0.15) is 0 Å². The third kappa shape index (κ3) is 6.61. The summed E-state index contributed by atoms with van der Waals surface area (Å²) in [6.07, 6.45) is 0.956. The van der Waals surface area contributed by atoms with Crippen LogP contribution in [0.4, 0.5) is 8.78 Å². The van der Waals surface area contributed by atoms with Crippen LogP contribution in [0.25, 0.3) is 0 Å². The van der Waals surface area contributed by atoms with Gasteiger partial charge in [0, 0.05) is 25.8 Å². The first kappa shape index (κ1) is 16.0. The summed E-state index contributed by atoms with van der Waals surface area (Å²) in [4.78, 5) is 2.17. The fourth-order valence-corrected chi connectivity index (χ4v) is 1.73. The molecule has 3 nitrogen and oxygen atoms in total. The number of hydrogen-bond donors (Lipinski definition) is 1. The summed E-state index contributed by atoms with van der Waals surface area (Å²) >= 11 is 0. The van der Waals surface area contributed by atoms with Crippen molar-refractivity contribution in [3.8, 4) is 0 Å². The van der Waals surface area contributed by atoms with E-state index in [1.54, 1.807) is 7.11 Å². The zero-order valence-corrected chi connectivity index (χ0v) is 11.6. The number of benzene rings is 1. The number of halogens is 2. The van der Waals surface area contributed by atoms with Crippen molar-refractivity contribution in [2.24, 2.45) is 0 Å². The summed E-state index contributed by atoms with van der Waals surface area (Å²) in [6.45, 7) is 3.69. The van der Waals surface area contributed by atoms with Gasteiger partial charge < -0.3 is 15.0 Å². The van der Waals surface area contributed by atoms with Crippen molar-refractivity contribution in [1.29, 1.82) is 0 Å². The highest BCUT2D eigenvalue weighted by molar-refractivity contribution is 5.18. The minimum absolute atomic E-state index is 0.353. The van der Waals surface area contributed by atoms with E-state index in [4.69, 9.17) is 4.74 Å². The van der Waals surface area contributed by atoms with Crippen LogP contribution in [0, 0.1) is 11.6 Å². The van der Waals surface area contributed by atoms with Crippen LogP contribution >= 0.6 is 0 Å². The summed E-state index contributed by atoms with van der Waals surface area (Å²) in [5.41, 5.74) is 0.368. The SMILES string of the molecule is COCCN(C)CCCNCc1cc(F)ccc1F. The van der Waals surface area contributed by atoms with Gasteiger partial charge in [-0.3, -0.25) is 0 Å². The number of nitrogens with one attached hydrogen (secondary N) is 1. The molecule has 0 spiro atoms. The van der Waals surface area contributed by atoms with Gasteiger partial charge in [0.25, 0.3) is 0 Å². The van der Waals surface area contributed by atoms with Gasteiger partial charge >= 0.3 is 0 Å². The highest BCUT2D eigenvalue weighted by Gasteiger charge is 2.03. The van der Waals surface area contributed by atoms with E-state index in [-0.39, 0.29) is 5.82 Å². The largest absolute Gasteiger partial charge is 0.383 e. The lowest BCUT2D eigenvalue weighted by molar-refractivity contribution is 0.160. The molecular weight excluding hydrogens is 250 g/mol. The maximum absolute atomic E-state index is 13.3. The van der Waals surface area contributed by atoms with Gasteiger partial charge in [-0.25, -0.2) is 8.78 Å². The molecule has 0 aromatic heterocycles. The average Bonchev–Trinajstić information content (AvgIpc) is 2.39. The second-order valence-corrected chi connectivity index (χ2v) is 4.56. The first-order valence-electron chi connectivity index (χ1n) is 6.45. The van der Waals surface area contributed by atoms with E-state index in [0.717, 1.165) is 44.8 Å². The lowest BCUT2D eigenvalue weighted by Gasteiger charge is -2.15. The molecule has 108 valence electrons. The van der Waals surface area contributed by atoms with Crippen molar-refractivity contribution >= 4 is 0 Å². The predicted octanol–water partition coefficient (Wildman–Crippen LogP) is 2.02. The minimum atomic E-state index is -0.405. The maximum Gasteiger partial charge on any atom is 0.127 e. The molecule has 0 saturated carbocycles. The van der Waals surface area contributed by atoms with Crippen molar-refractivity contribution in [3.63, 3.8) is 0 Å². The first-order valence-corrected chi connectivity index (χ1v) is 6.45. The van der Waals surface area contributed by atoms with Crippen LogP contribution in [0.2, 0.25) is 0 Å². The van der Waals surface area contributed by atoms with Crippen molar-refractivity contribution in [3.05, 3.63) is 35.4 Å². The lowest BCUT2D eigenvalue weighted by Crippen LogP contribution is -2.27. The van der Waals surface area contributed by atoms with E-state index in [2.05, 4.69) is 10.2 Å². The number of ether oxygens (including phenoxy) is 1. The second kappa shape index (κ2) is 8.96. The van der Waals surface area contributed by atoms with Crippen LogP contribution in [0.3, 0.4) is 0 Å². The summed E-state index contributed by atoms with van der Waals surface area (Å²) in [5.74, 6) is -0.774. The van der Waals surface area contributed by atoms with Gasteiger partial charge in [-0.15, -0.1) is 0 Å². The number of rotatable bonds is 9. The average molecular weight is 272 g/mol. The lowest BCUT2D eigenvalue weighted by atomic mass is 10.2. The van der Waals surface area contributed by atoms with E-state index >= 15 is 0 Å². The van der Waals surface area contributed by atoms with E-state index in [0.29, 0.717) is 12.1 Å². The standard InChI is InChI=1S/C14H22F2N2O/c1-18(8-9-19-2)7-3-6-17-11-12-10-13(15)4-5-14(12)16/h4-5,10,17H,3,6-9,11H2,1-2H3. The van der Waals surface area contributed by atoms with Crippen LogP contribution in [0.15, 0.2) is 18.2 Å². The first-order chi connectivity index (χ1) is 9.13. The molecule has 0 fully saturated rings. The summed E-state index contributed by atoms with van der Waals surface area (Å²) < 4.78 is 31.2. The molecule has 1 rings (SSSR count). The van der Waals surface area contributed by atoms with Gasteiger partial charge in [0.2, 0.25) is 0 Å². The highest BCUT2D eigenvalue weighted by Crippen LogP contribution is 2.08. The Morgan fingerprint density at radius 2 is 2.05 bits per heavy atom. The molecule has 0 bridgehead atoms. The van der Waals surface area contributed by atoms with Crippen LogP contribution in [-0.2, 0) is 11.3 Å². The van der Waals surface area contributed by atoms with Gasteiger partial charge in [-0.1, -0.05) is 0 Å². The normalized spacial score (nSPS) is 11.2. The second-order valence-electron chi connectivity index (χ2n) is 4.56. The molecule has 1 N–H and O–H groups in total. The Kier molecular flexibility index (Phi) is 7.55. The maximum atomic E-state index is 13.3. The number of hydrogen-bond acceptors (Lipinski definition) is 3. The minimum Gasteiger partial charge on any atom is -0.383 e. The van der Waals surface area contributed by atoms with Gasteiger partial charge in [0.05, 0.1) is 6.61 Å². The van der Waals surface area contributed by atoms with E-state index < -0.39 is 5.82 Å². The predicted molar refractivity (Wildman–Crippen MR) is 72.1 cm³/mol. The highest BCUT2D eigenvalue weighted by atomic mass is 19.1. The molecule has 0 aliphatic rings. The number of likely N-dealkylation sites (N-methyl/N-ethyl adjacent to an activating group) is 1. The molecule has 0 heterocycles. The fourth-order valence-electron chi connectivity index (χ4n) is 1.73. The van der Waals surface area contributed by atoms with Crippen molar-refractivity contribution in [2.45, 2.75) is 13.0 Å². The molecule has 0 saturated heterocycles. The molecule has 19 heavy (non-hydrogen) atoms. The van der Waals surface area contributed by atoms with Gasteiger partial charge in [0.15, 0.2) is 0 Å². The Labute approximate surface area is 113 Å². The topological polar surface area (TPSA) is 24.5 Å². The Morgan fingerprint density at radius 3 is 2.79 bits per heavy atom. The summed E-state index contributed by atoms with van der Waals surface area (Å²) in [6, 6.07) is 3.52. The third-order valence-electron chi connectivity index (χ3n) is 2.89. The molecule has 0 radical (unpaired) electrons. The third-order valence-corrected chi connectivity index (χ3v) is 2.89. The molecule has 0 atom stereocenters. The molecule has 1 aromatic carbocycles. The summed E-state index contributed by atoms with van der Waals surface area (Å²) in [5, 5.41) is 3.12. The number of nitrogens with zero attached hydrogens (tertiary/aromatic N) is 1.